The van der Waals surface area contributed by atoms with E-state index in [4.69, 9.17) is 19.1 Å². The van der Waals surface area contributed by atoms with E-state index in [0.29, 0.717) is 12.8 Å². The van der Waals surface area contributed by atoms with Crippen molar-refractivity contribution in [3.8, 4) is 0 Å². The second kappa shape index (κ2) is 41.0. The van der Waals surface area contributed by atoms with E-state index in [1.807, 2.05) is 30.4 Å². The molecule has 13 heteroatoms. The van der Waals surface area contributed by atoms with Gasteiger partial charge in [-0.2, -0.15) is 0 Å². The summed E-state index contributed by atoms with van der Waals surface area (Å²) in [6.45, 7) is 2.00. The van der Waals surface area contributed by atoms with E-state index >= 15 is 0 Å². The maximum atomic E-state index is 12.6. The monoisotopic (exact) mass is 857 g/mol. The Morgan fingerprint density at radius 2 is 1.07 bits per heavy atom. The lowest BCUT2D eigenvalue weighted by Gasteiger charge is -2.20. The van der Waals surface area contributed by atoms with Crippen molar-refractivity contribution in [3.05, 3.63) is 60.8 Å². The van der Waals surface area contributed by atoms with Crippen molar-refractivity contribution in [1.29, 1.82) is 0 Å². The lowest BCUT2D eigenvalue weighted by atomic mass is 10.1. The van der Waals surface area contributed by atoms with Crippen molar-refractivity contribution < 1.29 is 58.0 Å². The van der Waals surface area contributed by atoms with Gasteiger partial charge in [0.1, 0.15) is 12.7 Å². The van der Waals surface area contributed by atoms with Crippen LogP contribution in [0, 0.1) is 0 Å². The lowest BCUT2D eigenvalue weighted by molar-refractivity contribution is -0.161. The summed E-state index contributed by atoms with van der Waals surface area (Å²) in [6, 6.07) is 0. The maximum absolute atomic E-state index is 12.6. The van der Waals surface area contributed by atoms with Gasteiger partial charge in [-0.3, -0.25) is 18.6 Å². The minimum atomic E-state index is -4.69. The Labute approximate surface area is 356 Å². The molecule has 0 saturated carbocycles. The number of phosphoric acid groups is 1. The number of esters is 2. The number of aliphatic hydroxyl groups is 4. The van der Waals surface area contributed by atoms with Gasteiger partial charge in [0.2, 0.25) is 0 Å². The van der Waals surface area contributed by atoms with Crippen LogP contribution in [0.5, 0.6) is 0 Å². The van der Waals surface area contributed by atoms with E-state index in [0.717, 1.165) is 57.8 Å². The summed E-state index contributed by atoms with van der Waals surface area (Å²) in [5, 5.41) is 38.5. The fourth-order valence-electron chi connectivity index (χ4n) is 5.79. The van der Waals surface area contributed by atoms with Gasteiger partial charge in [-0.05, 0) is 57.8 Å². The van der Waals surface area contributed by atoms with Gasteiger partial charge in [0, 0.05) is 12.8 Å². The molecule has 0 rings (SSSR count). The third-order valence-corrected chi connectivity index (χ3v) is 10.3. The molecule has 0 aliphatic heterocycles. The van der Waals surface area contributed by atoms with Crippen LogP contribution in [0.4, 0.5) is 0 Å². The molecular formula is C46H81O12P. The normalized spacial score (nSPS) is 15.4. The van der Waals surface area contributed by atoms with E-state index in [9.17, 15) is 34.4 Å². The fourth-order valence-corrected chi connectivity index (χ4v) is 6.58. The smallest absolute Gasteiger partial charge is 0.462 e. The molecule has 0 bridgehead atoms. The minimum Gasteiger partial charge on any atom is -0.462 e. The van der Waals surface area contributed by atoms with Crippen LogP contribution in [-0.2, 0) is 32.7 Å². The Bertz CT molecular complexity index is 1200. The molecule has 0 aromatic heterocycles. The summed E-state index contributed by atoms with van der Waals surface area (Å²) < 4.78 is 32.6. The Kier molecular flexibility index (Phi) is 39.3. The molecule has 12 nitrogen and oxygen atoms in total. The Hall–Kier alpha value is -2.41. The predicted molar refractivity (Wildman–Crippen MR) is 236 cm³/mol. The zero-order valence-electron chi connectivity index (χ0n) is 36.4. The number of rotatable bonds is 41. The highest BCUT2D eigenvalue weighted by Gasteiger charge is 2.27. The fraction of sp³-hybridized carbons (Fsp3) is 0.739. The van der Waals surface area contributed by atoms with Crippen molar-refractivity contribution in [1.82, 2.24) is 0 Å². The molecule has 0 aromatic rings. The van der Waals surface area contributed by atoms with Crippen LogP contribution in [0.2, 0.25) is 0 Å². The van der Waals surface area contributed by atoms with E-state index in [-0.39, 0.29) is 25.7 Å². The molecule has 0 radical (unpaired) electrons. The molecule has 5 atom stereocenters. The third kappa shape index (κ3) is 40.8. The van der Waals surface area contributed by atoms with Gasteiger partial charge in [0.05, 0.1) is 32.0 Å². The van der Waals surface area contributed by atoms with Gasteiger partial charge < -0.3 is 34.8 Å². The highest BCUT2D eigenvalue weighted by Crippen LogP contribution is 2.43. The number of ether oxygens (including phenoxy) is 2. The largest absolute Gasteiger partial charge is 0.472 e. The van der Waals surface area contributed by atoms with Gasteiger partial charge in [-0.25, -0.2) is 4.57 Å². The highest BCUT2D eigenvalue weighted by molar-refractivity contribution is 7.47. The Morgan fingerprint density at radius 3 is 1.64 bits per heavy atom. The van der Waals surface area contributed by atoms with Crippen LogP contribution < -0.4 is 0 Å². The molecule has 0 aliphatic rings. The van der Waals surface area contributed by atoms with Crippen molar-refractivity contribution in [2.24, 2.45) is 0 Å². The number of carbonyl (C=O) groups is 2. The summed E-state index contributed by atoms with van der Waals surface area (Å²) in [6.07, 6.45) is 38.2. The van der Waals surface area contributed by atoms with Crippen LogP contribution in [0.1, 0.15) is 168 Å². The van der Waals surface area contributed by atoms with Crippen molar-refractivity contribution >= 4 is 19.8 Å². The molecule has 0 saturated heterocycles. The lowest BCUT2D eigenvalue weighted by Crippen LogP contribution is -2.30. The zero-order valence-corrected chi connectivity index (χ0v) is 37.3. The van der Waals surface area contributed by atoms with E-state index in [1.165, 1.54) is 57.8 Å². The third-order valence-electron chi connectivity index (χ3n) is 9.35. The average Bonchev–Trinajstić information content (AvgIpc) is 3.21. The number of carbonyl (C=O) groups excluding carboxylic acids is 2. The van der Waals surface area contributed by atoms with E-state index < -0.39 is 70.6 Å². The maximum Gasteiger partial charge on any atom is 0.472 e. The molecule has 0 amide bonds. The first-order valence-corrected chi connectivity index (χ1v) is 24.0. The van der Waals surface area contributed by atoms with E-state index in [2.05, 4.69) is 30.5 Å². The molecule has 0 aromatic carbocycles. The first-order valence-electron chi connectivity index (χ1n) is 22.5. The van der Waals surface area contributed by atoms with Gasteiger partial charge in [-0.1, -0.05) is 158 Å². The number of allylic oxidation sites excluding steroid dienone is 8. The van der Waals surface area contributed by atoms with Crippen LogP contribution in [-0.4, -0.2) is 88.1 Å². The second-order valence-corrected chi connectivity index (χ2v) is 16.6. The predicted octanol–water partition coefficient (Wildman–Crippen LogP) is 9.83. The molecule has 0 spiro atoms. The standard InChI is InChI=1S/C46H81O12P/c1-3-5-7-8-9-10-11-12-13-14-15-16-17-18-22-25-29-35-45(51)55-39-44(40-57-59(53,54)56-38-43(50)37-47)58-46(52)36-30-34-42(49)33-28-24-21-19-20-23-27-32-41(48)31-26-6-4-2/h12-13,20-21,23-24,27-28,32-33,41-44,47-50H,3-11,14-19,22,25-26,29-31,34-40H2,1-2H3,(H,53,54)/b13-12-,23-20-,24-21-,32-27+,33-28+/t41-,42-,43+,44-/m1/s1. The topological polar surface area (TPSA) is 189 Å². The number of phosphoric ester groups is 1. The summed E-state index contributed by atoms with van der Waals surface area (Å²) in [5.74, 6) is -1.16. The number of unbranched alkanes of at least 4 members (excludes halogenated alkanes) is 15. The summed E-state index contributed by atoms with van der Waals surface area (Å²) in [5.41, 5.74) is 0. The number of hydrogen-bond donors (Lipinski definition) is 5. The molecule has 0 aliphatic carbocycles. The van der Waals surface area contributed by atoms with Crippen LogP contribution in [0.3, 0.4) is 0 Å². The van der Waals surface area contributed by atoms with Crippen LogP contribution in [0.15, 0.2) is 60.8 Å². The van der Waals surface area contributed by atoms with Crippen molar-refractivity contribution in [2.45, 2.75) is 192 Å². The van der Waals surface area contributed by atoms with Gasteiger partial charge in [-0.15, -0.1) is 0 Å². The quantitative estimate of drug-likeness (QED) is 0.0129. The number of aliphatic hydroxyl groups excluding tert-OH is 4. The first-order chi connectivity index (χ1) is 28.5. The highest BCUT2D eigenvalue weighted by atomic mass is 31.2. The minimum absolute atomic E-state index is 0.0667. The molecule has 1 unspecified atom stereocenters. The number of hydrogen-bond acceptors (Lipinski definition) is 11. The second-order valence-electron chi connectivity index (χ2n) is 15.1. The Balaban J connectivity index is 4.52. The van der Waals surface area contributed by atoms with E-state index in [1.54, 1.807) is 18.2 Å². The molecular weight excluding hydrogens is 775 g/mol. The van der Waals surface area contributed by atoms with Crippen molar-refractivity contribution in [3.63, 3.8) is 0 Å². The zero-order chi connectivity index (χ0) is 43.7. The van der Waals surface area contributed by atoms with Gasteiger partial charge >= 0.3 is 19.8 Å². The average molecular weight is 857 g/mol. The van der Waals surface area contributed by atoms with Crippen LogP contribution >= 0.6 is 7.82 Å². The van der Waals surface area contributed by atoms with Gasteiger partial charge in [0.25, 0.3) is 0 Å². The van der Waals surface area contributed by atoms with Crippen molar-refractivity contribution in [2.75, 3.05) is 26.4 Å². The SMILES string of the molecule is CCCCCCCC/C=C\CCCCCCCCCC(=O)OC[C@H](COP(=O)(O)OC[C@@H](O)CO)OC(=O)CCC[C@H](O)/C=C/C=C\C/C=C\C=C\[C@H](O)CCCCC. The van der Waals surface area contributed by atoms with Crippen LogP contribution in [0.25, 0.3) is 0 Å². The molecule has 5 N–H and O–H groups in total. The van der Waals surface area contributed by atoms with Gasteiger partial charge in [0.15, 0.2) is 6.10 Å². The molecule has 0 fully saturated rings. The Morgan fingerprint density at radius 1 is 0.576 bits per heavy atom. The summed E-state index contributed by atoms with van der Waals surface area (Å²) in [7, 11) is -4.69. The molecule has 59 heavy (non-hydrogen) atoms. The molecule has 0 heterocycles. The summed E-state index contributed by atoms with van der Waals surface area (Å²) in [4.78, 5) is 35.0. The molecule has 342 valence electrons. The first kappa shape index (κ1) is 56.6. The summed E-state index contributed by atoms with van der Waals surface area (Å²) >= 11 is 0.